The van der Waals surface area contributed by atoms with Crippen molar-refractivity contribution in [3.05, 3.63) is 35.9 Å². The highest BCUT2D eigenvalue weighted by Gasteiger charge is 2.12. The highest BCUT2D eigenvalue weighted by Crippen LogP contribution is 2.14. The average Bonchev–Trinajstić information content (AvgIpc) is 2.17. The predicted molar refractivity (Wildman–Crippen MR) is 52.0 cm³/mol. The monoisotopic (exact) mass is 181 g/mol. The van der Waals surface area contributed by atoms with Gasteiger partial charge in [-0.2, -0.15) is 0 Å². The Labute approximate surface area is 77.5 Å². The molecule has 1 amide bonds. The molecular formula is C9H11NOS. The number of hydrogen-bond acceptors (Lipinski definition) is 2. The van der Waals surface area contributed by atoms with E-state index in [9.17, 15) is 4.79 Å². The predicted octanol–water partition coefficient (Wildman–Crippen LogP) is 1.75. The largest absolute Gasteiger partial charge is 0.302 e. The van der Waals surface area contributed by atoms with Crippen molar-refractivity contribution in [1.82, 2.24) is 4.72 Å². The molecule has 2 nitrogen and oxygen atoms in total. The molecule has 1 aromatic carbocycles. The first-order valence-corrected chi connectivity index (χ1v) is 4.19. The van der Waals surface area contributed by atoms with Gasteiger partial charge in [-0.05, 0) is 12.5 Å². The number of rotatable bonds is 2. The van der Waals surface area contributed by atoms with Gasteiger partial charge in [0.2, 0.25) is 5.91 Å². The van der Waals surface area contributed by atoms with Crippen LogP contribution < -0.4 is 4.72 Å². The molecule has 0 radical (unpaired) electrons. The molecule has 1 aromatic rings. The van der Waals surface area contributed by atoms with Gasteiger partial charge in [0, 0.05) is 0 Å². The zero-order valence-electron chi connectivity index (χ0n) is 6.82. The van der Waals surface area contributed by atoms with Crippen LogP contribution in [0.2, 0.25) is 0 Å². The van der Waals surface area contributed by atoms with Gasteiger partial charge >= 0.3 is 0 Å². The molecule has 1 N–H and O–H groups in total. The minimum absolute atomic E-state index is 0.0791. The van der Waals surface area contributed by atoms with Crippen LogP contribution in [0.5, 0.6) is 0 Å². The number of thiol groups is 1. The van der Waals surface area contributed by atoms with Gasteiger partial charge in [-0.15, -0.1) is 0 Å². The molecule has 64 valence electrons. The quantitative estimate of drug-likeness (QED) is 0.669. The summed E-state index contributed by atoms with van der Waals surface area (Å²) in [5, 5.41) is 0. The van der Waals surface area contributed by atoms with E-state index in [1.54, 1.807) is 0 Å². The molecule has 0 bridgehead atoms. The molecule has 0 aliphatic carbocycles. The van der Waals surface area contributed by atoms with Crippen LogP contribution in [0.1, 0.15) is 18.4 Å². The molecule has 12 heavy (non-hydrogen) atoms. The summed E-state index contributed by atoms with van der Waals surface area (Å²) in [4.78, 5) is 11.1. The molecule has 0 unspecified atom stereocenters. The second-order valence-corrected chi connectivity index (χ2v) is 2.83. The van der Waals surface area contributed by atoms with Crippen molar-refractivity contribution in [3.63, 3.8) is 0 Å². The maximum Gasteiger partial charge on any atom is 0.236 e. The maximum absolute atomic E-state index is 11.1. The maximum atomic E-state index is 11.1. The fourth-order valence-electron chi connectivity index (χ4n) is 0.990. The van der Waals surface area contributed by atoms with Gasteiger partial charge < -0.3 is 4.72 Å². The van der Waals surface area contributed by atoms with Gasteiger partial charge in [0.25, 0.3) is 0 Å². The summed E-state index contributed by atoms with van der Waals surface area (Å²) in [6, 6.07) is 9.60. The van der Waals surface area contributed by atoms with E-state index in [0.717, 1.165) is 5.56 Å². The van der Waals surface area contributed by atoms with E-state index in [1.165, 1.54) is 0 Å². The summed E-state index contributed by atoms with van der Waals surface area (Å²) >= 11 is 3.71. The average molecular weight is 181 g/mol. The summed E-state index contributed by atoms with van der Waals surface area (Å²) in [5.74, 6) is -0.215. The lowest BCUT2D eigenvalue weighted by Crippen LogP contribution is -2.19. The normalized spacial score (nSPS) is 12.2. The van der Waals surface area contributed by atoms with Crippen molar-refractivity contribution in [3.8, 4) is 0 Å². The number of benzene rings is 1. The first kappa shape index (κ1) is 9.13. The van der Waals surface area contributed by atoms with Gasteiger partial charge in [0.15, 0.2) is 0 Å². The lowest BCUT2D eigenvalue weighted by molar-refractivity contribution is -0.120. The van der Waals surface area contributed by atoms with Crippen molar-refractivity contribution in [2.75, 3.05) is 0 Å². The SMILES string of the molecule is C[C@H](C(=O)NS)c1ccccc1. The highest BCUT2D eigenvalue weighted by molar-refractivity contribution is 7.78. The fourth-order valence-corrected chi connectivity index (χ4v) is 1.18. The Morgan fingerprint density at radius 3 is 2.50 bits per heavy atom. The Bertz CT molecular complexity index is 260. The Hall–Kier alpha value is -0.960. The number of carbonyl (C=O) groups is 1. The minimum Gasteiger partial charge on any atom is -0.302 e. The summed E-state index contributed by atoms with van der Waals surface area (Å²) in [7, 11) is 0. The van der Waals surface area contributed by atoms with Crippen LogP contribution in [-0.2, 0) is 4.79 Å². The minimum atomic E-state index is -0.135. The third kappa shape index (κ3) is 2.01. The van der Waals surface area contributed by atoms with Crippen molar-refractivity contribution >= 4 is 18.7 Å². The van der Waals surface area contributed by atoms with Crippen molar-refractivity contribution < 1.29 is 4.79 Å². The molecule has 0 saturated heterocycles. The number of carbonyl (C=O) groups excluding carboxylic acids is 1. The number of hydrogen-bond donors (Lipinski definition) is 2. The van der Waals surface area contributed by atoms with Crippen LogP contribution in [0, 0.1) is 0 Å². The highest BCUT2D eigenvalue weighted by atomic mass is 32.1. The number of nitrogens with one attached hydrogen (secondary N) is 1. The van der Waals surface area contributed by atoms with Crippen LogP contribution in [0.25, 0.3) is 0 Å². The van der Waals surface area contributed by atoms with E-state index >= 15 is 0 Å². The Morgan fingerprint density at radius 2 is 2.00 bits per heavy atom. The molecule has 0 fully saturated rings. The van der Waals surface area contributed by atoms with E-state index in [2.05, 4.69) is 17.5 Å². The van der Waals surface area contributed by atoms with Crippen LogP contribution >= 0.6 is 12.8 Å². The van der Waals surface area contributed by atoms with E-state index < -0.39 is 0 Å². The fraction of sp³-hybridized carbons (Fsp3) is 0.222. The van der Waals surface area contributed by atoms with Crippen LogP contribution in [0.15, 0.2) is 30.3 Å². The standard InChI is InChI=1S/C9H11NOS/c1-7(9(11)10-12)8-5-3-2-4-6-8/h2-7,12H,1H3,(H,10,11)/t7-/m0/s1. The molecular weight excluding hydrogens is 170 g/mol. The molecule has 0 aliphatic heterocycles. The van der Waals surface area contributed by atoms with Crippen LogP contribution in [-0.4, -0.2) is 5.91 Å². The first-order chi connectivity index (χ1) is 5.75. The zero-order valence-corrected chi connectivity index (χ0v) is 7.71. The van der Waals surface area contributed by atoms with Gasteiger partial charge in [-0.25, -0.2) is 0 Å². The first-order valence-electron chi connectivity index (χ1n) is 3.74. The van der Waals surface area contributed by atoms with Gasteiger partial charge in [0.05, 0.1) is 5.92 Å². The molecule has 1 atom stereocenters. The Kier molecular flexibility index (Phi) is 3.17. The van der Waals surface area contributed by atoms with Gasteiger partial charge in [0.1, 0.15) is 0 Å². The molecule has 3 heteroatoms. The lowest BCUT2D eigenvalue weighted by atomic mass is 10.0. The van der Waals surface area contributed by atoms with Gasteiger partial charge in [-0.1, -0.05) is 43.1 Å². The van der Waals surface area contributed by atoms with E-state index in [-0.39, 0.29) is 11.8 Å². The topological polar surface area (TPSA) is 29.1 Å². The second kappa shape index (κ2) is 4.16. The summed E-state index contributed by atoms with van der Waals surface area (Å²) in [6.45, 7) is 1.85. The molecule has 0 aromatic heterocycles. The van der Waals surface area contributed by atoms with Crippen molar-refractivity contribution in [2.45, 2.75) is 12.8 Å². The molecule has 0 saturated carbocycles. The van der Waals surface area contributed by atoms with E-state index in [4.69, 9.17) is 0 Å². The smallest absolute Gasteiger partial charge is 0.236 e. The summed E-state index contributed by atoms with van der Waals surface area (Å²) in [5.41, 5.74) is 1.00. The van der Waals surface area contributed by atoms with E-state index in [0.29, 0.717) is 0 Å². The summed E-state index contributed by atoms with van der Waals surface area (Å²) in [6.07, 6.45) is 0. The van der Waals surface area contributed by atoms with E-state index in [1.807, 2.05) is 37.3 Å². The van der Waals surface area contributed by atoms with Crippen molar-refractivity contribution in [2.24, 2.45) is 0 Å². The Balaban J connectivity index is 2.78. The molecule has 1 rings (SSSR count). The van der Waals surface area contributed by atoms with Crippen molar-refractivity contribution in [1.29, 1.82) is 0 Å². The molecule has 0 heterocycles. The molecule has 0 aliphatic rings. The third-order valence-electron chi connectivity index (χ3n) is 1.80. The zero-order chi connectivity index (χ0) is 8.97. The Morgan fingerprint density at radius 1 is 1.42 bits per heavy atom. The summed E-state index contributed by atoms with van der Waals surface area (Å²) < 4.78 is 2.32. The molecule has 0 spiro atoms. The van der Waals surface area contributed by atoms with Gasteiger partial charge in [-0.3, -0.25) is 4.79 Å². The lowest BCUT2D eigenvalue weighted by Gasteiger charge is -2.08. The third-order valence-corrected chi connectivity index (χ3v) is 2.02. The second-order valence-electron chi connectivity index (χ2n) is 2.61. The van der Waals surface area contributed by atoms with Crippen LogP contribution in [0.3, 0.4) is 0 Å². The number of amides is 1. The van der Waals surface area contributed by atoms with Crippen LogP contribution in [0.4, 0.5) is 0 Å².